The molecular weight excluding hydrogens is 356 g/mol. The molecule has 138 valence electrons. The van der Waals surface area contributed by atoms with Crippen molar-refractivity contribution in [2.24, 2.45) is 0 Å². The van der Waals surface area contributed by atoms with Crippen LogP contribution in [0, 0.1) is 0 Å². The second-order valence-corrected chi connectivity index (χ2v) is 10.1. The van der Waals surface area contributed by atoms with Gasteiger partial charge in [0.1, 0.15) is 0 Å². The molecule has 1 fully saturated rings. The molecule has 1 aromatic carbocycles. The molecule has 0 aliphatic carbocycles. The number of hydrogen-bond donors (Lipinski definition) is 2. The van der Waals surface area contributed by atoms with Crippen molar-refractivity contribution >= 4 is 24.0 Å². The minimum absolute atomic E-state index is 0.110. The third-order valence-electron chi connectivity index (χ3n) is 5.36. The Balaban J connectivity index is 2.10. The average molecular weight is 385 g/mol. The Hall–Kier alpha value is -1.65. The standard InChI is InChI=1S/C22H28N2S2/c1-14-20(16-8-10-17(11-9-16)21(3,4)5)22(6,23-15(2)24(14)7)18-12-13-19(25)26-18/h8-13,20,23,25H,1-2H2,3-7H3/t20-,22-/m1/s1. The fourth-order valence-corrected chi connectivity index (χ4v) is 4.92. The highest BCUT2D eigenvalue weighted by molar-refractivity contribution is 7.82. The van der Waals surface area contributed by atoms with Gasteiger partial charge in [-0.3, -0.25) is 0 Å². The van der Waals surface area contributed by atoms with Crippen LogP contribution in [0.4, 0.5) is 0 Å². The fourth-order valence-electron chi connectivity index (χ4n) is 3.67. The van der Waals surface area contributed by atoms with Gasteiger partial charge in [0.05, 0.1) is 21.5 Å². The molecule has 2 nitrogen and oxygen atoms in total. The number of nitrogens with zero attached hydrogens (tertiary/aromatic N) is 1. The van der Waals surface area contributed by atoms with Crippen LogP contribution in [0.5, 0.6) is 0 Å². The Morgan fingerprint density at radius 2 is 1.73 bits per heavy atom. The molecular formula is C22H28N2S2. The quantitative estimate of drug-likeness (QED) is 0.631. The summed E-state index contributed by atoms with van der Waals surface area (Å²) in [6.45, 7) is 17.6. The zero-order valence-electron chi connectivity index (χ0n) is 16.3. The third kappa shape index (κ3) is 3.21. The fraction of sp³-hybridized carbons (Fsp3) is 0.364. The lowest BCUT2D eigenvalue weighted by atomic mass is 9.75. The van der Waals surface area contributed by atoms with E-state index in [0.717, 1.165) is 15.7 Å². The van der Waals surface area contributed by atoms with Gasteiger partial charge in [0.15, 0.2) is 0 Å². The smallest absolute Gasteiger partial charge is 0.0986 e. The molecule has 0 unspecified atom stereocenters. The van der Waals surface area contributed by atoms with Crippen molar-refractivity contribution in [1.82, 2.24) is 10.2 Å². The summed E-state index contributed by atoms with van der Waals surface area (Å²) in [6.07, 6.45) is 0. The molecule has 0 saturated carbocycles. The molecule has 2 aromatic rings. The normalized spacial score (nSPS) is 23.9. The Labute approximate surface area is 167 Å². The van der Waals surface area contributed by atoms with Gasteiger partial charge in [-0.2, -0.15) is 0 Å². The van der Waals surface area contributed by atoms with Crippen molar-refractivity contribution < 1.29 is 0 Å². The Bertz CT molecular complexity index is 842. The number of likely N-dealkylation sites (N-methyl/N-ethyl adjacent to an activating group) is 1. The van der Waals surface area contributed by atoms with Gasteiger partial charge in [0, 0.05) is 17.6 Å². The maximum absolute atomic E-state index is 4.52. The van der Waals surface area contributed by atoms with E-state index in [1.54, 1.807) is 11.3 Å². The second-order valence-electron chi connectivity index (χ2n) is 8.27. The molecule has 0 radical (unpaired) electrons. The van der Waals surface area contributed by atoms with Crippen molar-refractivity contribution in [2.45, 2.75) is 48.8 Å². The molecule has 1 saturated heterocycles. The molecule has 0 bridgehead atoms. The molecule has 1 aliphatic rings. The van der Waals surface area contributed by atoms with Crippen molar-refractivity contribution in [3.8, 4) is 0 Å². The highest BCUT2D eigenvalue weighted by Gasteiger charge is 2.45. The first-order valence-electron chi connectivity index (χ1n) is 8.83. The molecule has 1 aromatic heterocycles. The van der Waals surface area contributed by atoms with Gasteiger partial charge in [-0.25, -0.2) is 0 Å². The molecule has 1 N–H and O–H groups in total. The highest BCUT2D eigenvalue weighted by atomic mass is 32.2. The van der Waals surface area contributed by atoms with E-state index in [0.29, 0.717) is 0 Å². The maximum Gasteiger partial charge on any atom is 0.0986 e. The van der Waals surface area contributed by atoms with E-state index >= 15 is 0 Å². The van der Waals surface area contributed by atoms with E-state index in [9.17, 15) is 0 Å². The van der Waals surface area contributed by atoms with E-state index in [1.165, 1.54) is 16.0 Å². The Kier molecular flexibility index (Phi) is 4.78. The number of thiophene rings is 1. The summed E-state index contributed by atoms with van der Waals surface area (Å²) in [5, 5.41) is 3.64. The van der Waals surface area contributed by atoms with Gasteiger partial charge in [0.2, 0.25) is 0 Å². The van der Waals surface area contributed by atoms with Crippen LogP contribution in [0.3, 0.4) is 0 Å². The van der Waals surface area contributed by atoms with Crippen LogP contribution in [0.2, 0.25) is 0 Å². The summed E-state index contributed by atoms with van der Waals surface area (Å²) in [5.41, 5.74) is 3.48. The van der Waals surface area contributed by atoms with Gasteiger partial charge in [-0.05, 0) is 35.6 Å². The lowest BCUT2D eigenvalue weighted by Crippen LogP contribution is -2.53. The van der Waals surface area contributed by atoms with Crippen LogP contribution < -0.4 is 5.32 Å². The number of nitrogens with one attached hydrogen (secondary N) is 1. The summed E-state index contributed by atoms with van der Waals surface area (Å²) in [5.74, 6) is 0.979. The Morgan fingerprint density at radius 1 is 1.12 bits per heavy atom. The highest BCUT2D eigenvalue weighted by Crippen LogP contribution is 2.48. The van der Waals surface area contributed by atoms with Crippen molar-refractivity contribution in [3.05, 3.63) is 77.1 Å². The van der Waals surface area contributed by atoms with Gasteiger partial charge in [-0.15, -0.1) is 24.0 Å². The third-order valence-corrected chi connectivity index (χ3v) is 6.91. The second kappa shape index (κ2) is 6.50. The summed E-state index contributed by atoms with van der Waals surface area (Å²) in [6, 6.07) is 13.2. The first kappa shape index (κ1) is 19.1. The lowest BCUT2D eigenvalue weighted by molar-refractivity contribution is 0.237. The molecule has 1 aliphatic heterocycles. The molecule has 26 heavy (non-hydrogen) atoms. The van der Waals surface area contributed by atoms with Crippen LogP contribution in [-0.4, -0.2) is 11.9 Å². The Morgan fingerprint density at radius 3 is 2.23 bits per heavy atom. The number of benzene rings is 1. The van der Waals surface area contributed by atoms with E-state index in [4.69, 9.17) is 0 Å². The van der Waals surface area contributed by atoms with Gasteiger partial charge < -0.3 is 10.2 Å². The van der Waals surface area contributed by atoms with Gasteiger partial charge in [0.25, 0.3) is 0 Å². The first-order valence-corrected chi connectivity index (χ1v) is 10.1. The van der Waals surface area contributed by atoms with Crippen LogP contribution in [0.1, 0.15) is 49.6 Å². The monoisotopic (exact) mass is 384 g/mol. The molecule has 2 atom stereocenters. The van der Waals surface area contributed by atoms with Gasteiger partial charge >= 0.3 is 0 Å². The molecule has 0 spiro atoms. The van der Waals surface area contributed by atoms with E-state index in [2.05, 4.69) is 100 Å². The van der Waals surface area contributed by atoms with E-state index in [1.807, 2.05) is 7.05 Å². The zero-order chi connectivity index (χ0) is 19.3. The van der Waals surface area contributed by atoms with Crippen LogP contribution in [-0.2, 0) is 11.0 Å². The lowest BCUT2D eigenvalue weighted by Gasteiger charge is -2.49. The SMILES string of the molecule is C=C1N[C@](C)(c2ccc(S)s2)[C@@H](c2ccc(C(C)(C)C)cc2)C(=C)N1C. The molecule has 3 rings (SSSR count). The predicted molar refractivity (Wildman–Crippen MR) is 116 cm³/mol. The van der Waals surface area contributed by atoms with E-state index in [-0.39, 0.29) is 16.9 Å². The number of hydrogen-bond acceptors (Lipinski definition) is 4. The zero-order valence-corrected chi connectivity index (χ0v) is 18.0. The van der Waals surface area contributed by atoms with Crippen LogP contribution in [0.15, 0.2) is 65.3 Å². The number of thiol groups is 1. The summed E-state index contributed by atoms with van der Waals surface area (Å²) in [7, 11) is 2.02. The van der Waals surface area contributed by atoms with Crippen LogP contribution >= 0.6 is 24.0 Å². The van der Waals surface area contributed by atoms with E-state index < -0.39 is 0 Å². The summed E-state index contributed by atoms with van der Waals surface area (Å²) in [4.78, 5) is 3.29. The van der Waals surface area contributed by atoms with Crippen molar-refractivity contribution in [1.29, 1.82) is 0 Å². The van der Waals surface area contributed by atoms with Crippen molar-refractivity contribution in [2.75, 3.05) is 7.05 Å². The molecule has 0 amide bonds. The minimum Gasteiger partial charge on any atom is -0.361 e. The maximum atomic E-state index is 4.52. The minimum atomic E-state index is -0.310. The molecule has 4 heteroatoms. The number of rotatable bonds is 2. The predicted octanol–water partition coefficient (Wildman–Crippen LogP) is 5.85. The average Bonchev–Trinajstić information content (AvgIpc) is 3.00. The largest absolute Gasteiger partial charge is 0.361 e. The van der Waals surface area contributed by atoms with Crippen LogP contribution in [0.25, 0.3) is 0 Å². The summed E-state index contributed by atoms with van der Waals surface area (Å²) >= 11 is 6.23. The van der Waals surface area contributed by atoms with Crippen molar-refractivity contribution in [3.63, 3.8) is 0 Å². The topological polar surface area (TPSA) is 15.3 Å². The molecule has 2 heterocycles. The van der Waals surface area contributed by atoms with Gasteiger partial charge in [-0.1, -0.05) is 58.2 Å². The summed E-state index contributed by atoms with van der Waals surface area (Å²) < 4.78 is 1.01. The first-order chi connectivity index (χ1) is 12.0.